The first-order valence-corrected chi connectivity index (χ1v) is 14.6. The molecule has 0 amide bonds. The second-order valence-electron chi connectivity index (χ2n) is 11.7. The molecular weight excluding hydrogens is 550 g/mol. The maximum atomic E-state index is 11.8. The summed E-state index contributed by atoms with van der Waals surface area (Å²) in [4.78, 5) is 11.8. The molecule has 1 aliphatic rings. The Hall–Kier alpha value is -5.36. The van der Waals surface area contributed by atoms with E-state index in [1.165, 1.54) is 0 Å². The summed E-state index contributed by atoms with van der Waals surface area (Å²) in [7, 11) is 1.97. The van der Waals surface area contributed by atoms with Crippen molar-refractivity contribution in [1.82, 2.24) is 0 Å². The molecule has 220 valence electrons. The summed E-state index contributed by atoms with van der Waals surface area (Å²) in [6, 6.07) is 20.4. The molecule has 6 nitrogen and oxygen atoms in total. The largest absolute Gasteiger partial charge is 0.507 e. The van der Waals surface area contributed by atoms with Crippen LogP contribution in [0.25, 0.3) is 12.2 Å². The molecule has 1 aliphatic carbocycles. The first-order valence-electron chi connectivity index (χ1n) is 14.6. The van der Waals surface area contributed by atoms with Crippen LogP contribution in [0.2, 0.25) is 0 Å². The number of aromatic hydroxyl groups is 4. The van der Waals surface area contributed by atoms with E-state index in [1.807, 2.05) is 91.6 Å². The van der Waals surface area contributed by atoms with Gasteiger partial charge in [-0.05, 0) is 86.8 Å². The van der Waals surface area contributed by atoms with E-state index < -0.39 is 0 Å². The minimum Gasteiger partial charge on any atom is -0.507 e. The molecule has 0 atom stereocenters. The standard InChI is InChI=1S/C38H33NO5/c1-23-12-29-20-32-15-25(7-6-24-8-10-39(2)11-9-24)14-31(37(32)43)18-27-4-3-5-28(35(27)41)19-33-16-26(22-40)17-34(38(33)44)21-30(13-23)36(29)42/h3-17,22H,18-21H2,1-2H3,(H3,40,41,42,44)/p+1. The van der Waals surface area contributed by atoms with Gasteiger partial charge >= 0.3 is 0 Å². The predicted molar refractivity (Wildman–Crippen MR) is 170 cm³/mol. The van der Waals surface area contributed by atoms with Crippen LogP contribution in [0, 0.1) is 6.92 Å². The molecule has 44 heavy (non-hydrogen) atoms. The third kappa shape index (κ3) is 5.79. The summed E-state index contributed by atoms with van der Waals surface area (Å²) in [6.45, 7) is 1.94. The van der Waals surface area contributed by atoms with Crippen molar-refractivity contribution in [1.29, 1.82) is 0 Å². The number of aldehydes is 1. The molecule has 0 unspecified atom stereocenters. The average molecular weight is 585 g/mol. The number of nitrogens with zero attached hydrogens (tertiary/aromatic N) is 1. The van der Waals surface area contributed by atoms with Crippen LogP contribution < -0.4 is 4.57 Å². The summed E-state index contributed by atoms with van der Waals surface area (Å²) in [5.74, 6) is 0.310. The third-order valence-electron chi connectivity index (χ3n) is 8.33. The molecule has 0 spiro atoms. The van der Waals surface area contributed by atoms with Crippen molar-refractivity contribution in [3.05, 3.63) is 146 Å². The summed E-state index contributed by atoms with van der Waals surface area (Å²) in [5, 5.41) is 45.7. The zero-order chi connectivity index (χ0) is 31.0. The number of hydrogen-bond donors (Lipinski definition) is 4. The lowest BCUT2D eigenvalue weighted by Crippen LogP contribution is -2.25. The lowest BCUT2D eigenvalue weighted by atomic mass is 9.89. The van der Waals surface area contributed by atoms with Gasteiger partial charge in [-0.15, -0.1) is 0 Å². The van der Waals surface area contributed by atoms with E-state index in [-0.39, 0.29) is 48.7 Å². The van der Waals surface area contributed by atoms with Crippen LogP contribution >= 0.6 is 0 Å². The molecule has 6 heteroatoms. The Balaban J connectivity index is 1.54. The predicted octanol–water partition coefficient (Wildman–Crippen LogP) is 6.30. The lowest BCUT2D eigenvalue weighted by Gasteiger charge is -2.18. The number of aromatic nitrogens is 1. The molecule has 6 rings (SSSR count). The number of hydrogen-bond acceptors (Lipinski definition) is 5. The highest BCUT2D eigenvalue weighted by atomic mass is 16.3. The smallest absolute Gasteiger partial charge is 0.169 e. The average Bonchev–Trinajstić information content (AvgIpc) is 3.00. The van der Waals surface area contributed by atoms with Crippen molar-refractivity contribution < 1.29 is 29.8 Å². The normalized spacial score (nSPS) is 12.8. The van der Waals surface area contributed by atoms with E-state index in [0.717, 1.165) is 23.0 Å². The summed E-state index contributed by atoms with van der Waals surface area (Å²) in [6.07, 6.45) is 9.62. The maximum Gasteiger partial charge on any atom is 0.169 e. The molecule has 4 N–H and O–H groups in total. The van der Waals surface area contributed by atoms with Crippen molar-refractivity contribution in [3.8, 4) is 23.0 Å². The number of pyridine rings is 1. The fraction of sp³-hybridized carbons (Fsp3) is 0.158. The van der Waals surface area contributed by atoms with Gasteiger partial charge in [0.25, 0.3) is 0 Å². The number of fused-ring (bicyclic) bond motifs is 8. The van der Waals surface area contributed by atoms with Crippen molar-refractivity contribution in [2.75, 3.05) is 0 Å². The van der Waals surface area contributed by atoms with Crippen molar-refractivity contribution in [3.63, 3.8) is 0 Å². The highest BCUT2D eigenvalue weighted by Gasteiger charge is 2.20. The van der Waals surface area contributed by atoms with Gasteiger partial charge in [0.15, 0.2) is 12.4 Å². The molecule has 0 radical (unpaired) electrons. The highest BCUT2D eigenvalue weighted by molar-refractivity contribution is 5.77. The van der Waals surface area contributed by atoms with E-state index in [2.05, 4.69) is 0 Å². The molecule has 1 heterocycles. The van der Waals surface area contributed by atoms with Crippen molar-refractivity contribution >= 4 is 18.4 Å². The van der Waals surface area contributed by atoms with Crippen LogP contribution in [-0.4, -0.2) is 26.7 Å². The van der Waals surface area contributed by atoms with Crippen molar-refractivity contribution in [2.45, 2.75) is 32.6 Å². The monoisotopic (exact) mass is 584 g/mol. The van der Waals surface area contributed by atoms with Crippen LogP contribution in [-0.2, 0) is 32.7 Å². The Morgan fingerprint density at radius 3 is 1.41 bits per heavy atom. The van der Waals surface area contributed by atoms with Crippen LogP contribution in [0.4, 0.5) is 0 Å². The number of carbonyl (C=O) groups excluding carboxylic acids is 1. The van der Waals surface area contributed by atoms with Gasteiger partial charge in [-0.3, -0.25) is 4.79 Å². The van der Waals surface area contributed by atoms with E-state index in [9.17, 15) is 25.2 Å². The zero-order valence-electron chi connectivity index (χ0n) is 24.7. The van der Waals surface area contributed by atoms with Gasteiger partial charge < -0.3 is 20.4 Å². The number of phenols is 4. The minimum absolute atomic E-state index is 0.0291. The number of para-hydroxylation sites is 1. The number of aryl methyl sites for hydroxylation is 2. The molecule has 0 saturated heterocycles. The second-order valence-corrected chi connectivity index (χ2v) is 11.7. The van der Waals surface area contributed by atoms with Crippen LogP contribution in [0.15, 0.2) is 79.1 Å². The maximum absolute atomic E-state index is 11.8. The molecule has 1 aromatic heterocycles. The Bertz CT molecular complexity index is 1940. The van der Waals surface area contributed by atoms with Crippen molar-refractivity contribution in [2.24, 2.45) is 7.05 Å². The van der Waals surface area contributed by atoms with Crippen LogP contribution in [0.5, 0.6) is 23.0 Å². The first-order chi connectivity index (χ1) is 21.2. The summed E-state index contributed by atoms with van der Waals surface area (Å²) < 4.78 is 1.97. The van der Waals surface area contributed by atoms with E-state index in [1.54, 1.807) is 18.2 Å². The summed E-state index contributed by atoms with van der Waals surface area (Å²) >= 11 is 0. The van der Waals surface area contributed by atoms with Gasteiger partial charge in [-0.1, -0.05) is 48.0 Å². The quantitative estimate of drug-likeness (QED) is 0.144. The van der Waals surface area contributed by atoms with E-state index >= 15 is 0 Å². The van der Waals surface area contributed by atoms with Gasteiger partial charge in [-0.25, -0.2) is 4.57 Å². The van der Waals surface area contributed by atoms with Crippen LogP contribution in [0.1, 0.15) is 71.6 Å². The van der Waals surface area contributed by atoms with Gasteiger partial charge in [0.1, 0.15) is 36.3 Å². The van der Waals surface area contributed by atoms with Gasteiger partial charge in [0.05, 0.1) is 0 Å². The molecular formula is C38H34NO5+. The molecule has 0 aliphatic heterocycles. The Morgan fingerprint density at radius 2 is 0.932 bits per heavy atom. The fourth-order valence-corrected chi connectivity index (χ4v) is 6.05. The highest BCUT2D eigenvalue weighted by Crippen LogP contribution is 2.38. The number of benzene rings is 4. The summed E-state index contributed by atoms with van der Waals surface area (Å²) in [5.41, 5.74) is 7.99. The Morgan fingerprint density at radius 1 is 0.545 bits per heavy atom. The van der Waals surface area contributed by atoms with E-state index in [0.29, 0.717) is 50.1 Å². The zero-order valence-corrected chi connectivity index (χ0v) is 24.7. The van der Waals surface area contributed by atoms with Crippen LogP contribution in [0.3, 0.4) is 0 Å². The number of phenolic OH excluding ortho intramolecular Hbond substituents is 4. The molecule has 8 bridgehead atoms. The fourth-order valence-electron chi connectivity index (χ4n) is 6.05. The second kappa shape index (κ2) is 11.7. The molecule has 0 fully saturated rings. The first kappa shape index (κ1) is 28.7. The van der Waals surface area contributed by atoms with Gasteiger partial charge in [0, 0.05) is 43.4 Å². The number of carbonyl (C=O) groups is 1. The SMILES string of the molecule is Cc1cc2c(O)c(c1)Cc1cc(/C=C/c3cc[n+](C)cc3)cc(c1O)Cc1cccc(c1O)Cc1cc(C=O)cc(c1O)C2. The lowest BCUT2D eigenvalue weighted by molar-refractivity contribution is -0.671. The molecule has 0 saturated carbocycles. The van der Waals surface area contributed by atoms with Gasteiger partial charge in [0.2, 0.25) is 0 Å². The minimum atomic E-state index is 0.0291. The molecule has 4 aromatic carbocycles. The molecule has 5 aromatic rings. The third-order valence-corrected chi connectivity index (χ3v) is 8.33. The Labute approximate surface area is 256 Å². The topological polar surface area (TPSA) is 102 Å². The van der Waals surface area contributed by atoms with E-state index in [4.69, 9.17) is 0 Å². The Kier molecular flexibility index (Phi) is 7.66. The number of rotatable bonds is 3. The van der Waals surface area contributed by atoms with Gasteiger partial charge in [-0.2, -0.15) is 0 Å².